The molecule has 4 rings (SSSR count). The Morgan fingerprint density at radius 3 is 1.69 bits per heavy atom. The molecule has 0 saturated heterocycles. The van der Waals surface area contributed by atoms with Crippen LogP contribution in [-0.2, 0) is 33.1 Å². The van der Waals surface area contributed by atoms with Crippen LogP contribution < -0.4 is 14.3 Å². The van der Waals surface area contributed by atoms with E-state index in [9.17, 15) is 26.4 Å². The summed E-state index contributed by atoms with van der Waals surface area (Å²) in [6.45, 7) is 1.07. The number of nitrogens with zero attached hydrogens (tertiary/aromatic N) is 2. The third-order valence-corrected chi connectivity index (χ3v) is 8.72. The van der Waals surface area contributed by atoms with E-state index in [1.807, 2.05) is 24.3 Å². The monoisotopic (exact) mass is 528 g/mol. The molecule has 1 heterocycles. The number of urea groups is 1. The number of anilines is 3. The highest BCUT2D eigenvalue weighted by Gasteiger charge is 2.27. The van der Waals surface area contributed by atoms with Gasteiger partial charge < -0.3 is 15.5 Å². The Morgan fingerprint density at radius 2 is 1.19 bits per heavy atom. The molecule has 0 fully saturated rings. The summed E-state index contributed by atoms with van der Waals surface area (Å²) < 4.78 is 47.9. The second kappa shape index (κ2) is 9.63. The molecule has 0 spiro atoms. The molecule has 3 aromatic carbocycles. The van der Waals surface area contributed by atoms with Gasteiger partial charge in [0.2, 0.25) is 20.0 Å². The number of fused-ring (bicyclic) bond motifs is 1. The minimum atomic E-state index is -4.06. The topological polar surface area (TPSA) is 133 Å². The van der Waals surface area contributed by atoms with Crippen molar-refractivity contribution in [2.75, 3.05) is 26.9 Å². The molecule has 36 heavy (non-hydrogen) atoms. The largest absolute Gasteiger partial charge is 0.322 e. The van der Waals surface area contributed by atoms with Gasteiger partial charge in [-0.15, -0.1) is 0 Å². The quantitative estimate of drug-likeness (QED) is 0.505. The SMILES string of the molecule is CS(=O)(=O)N(c1ccc(NC(=O)c2ccc(NC(=O)N3Cc4ccccc4C3)cc2)cc1)S(C)(=O)=O. The lowest BCUT2D eigenvalue weighted by Gasteiger charge is -2.20. The molecule has 0 unspecified atom stereocenters. The Hall–Kier alpha value is -3.90. The highest BCUT2D eigenvalue weighted by atomic mass is 32.3. The first-order valence-electron chi connectivity index (χ1n) is 10.8. The lowest BCUT2D eigenvalue weighted by Crippen LogP contribution is -2.35. The lowest BCUT2D eigenvalue weighted by molar-refractivity contribution is 0.102. The molecule has 1 aliphatic rings. The molecule has 188 valence electrons. The zero-order valence-corrected chi connectivity index (χ0v) is 21.1. The Kier molecular flexibility index (Phi) is 6.74. The van der Waals surface area contributed by atoms with Gasteiger partial charge in [-0.3, -0.25) is 4.79 Å². The molecule has 0 atom stereocenters. The van der Waals surface area contributed by atoms with Crippen molar-refractivity contribution >= 4 is 49.0 Å². The molecule has 0 bridgehead atoms. The number of rotatable bonds is 6. The Balaban J connectivity index is 1.38. The van der Waals surface area contributed by atoms with Crippen molar-refractivity contribution in [1.29, 1.82) is 0 Å². The summed E-state index contributed by atoms with van der Waals surface area (Å²) >= 11 is 0. The average molecular weight is 529 g/mol. The Bertz CT molecular complexity index is 1460. The zero-order chi connectivity index (χ0) is 26.1. The van der Waals surface area contributed by atoms with E-state index in [4.69, 9.17) is 0 Å². The molecule has 1 aliphatic heterocycles. The summed E-state index contributed by atoms with van der Waals surface area (Å²) in [7, 11) is -8.12. The van der Waals surface area contributed by atoms with Crippen LogP contribution >= 0.6 is 0 Å². The molecule has 10 nitrogen and oxygen atoms in total. The molecule has 3 aromatic rings. The maximum atomic E-state index is 12.6. The molecule has 2 N–H and O–H groups in total. The Morgan fingerprint density at radius 1 is 0.722 bits per heavy atom. The van der Waals surface area contributed by atoms with Crippen molar-refractivity contribution in [3.63, 3.8) is 0 Å². The second-order valence-corrected chi connectivity index (χ2v) is 12.2. The number of amides is 3. The van der Waals surface area contributed by atoms with Gasteiger partial charge in [0.1, 0.15) is 0 Å². The third-order valence-electron chi connectivity index (χ3n) is 5.46. The van der Waals surface area contributed by atoms with Gasteiger partial charge >= 0.3 is 6.03 Å². The minimum absolute atomic E-state index is 0.0702. The van der Waals surface area contributed by atoms with Gasteiger partial charge in [0, 0.05) is 30.0 Å². The van der Waals surface area contributed by atoms with Crippen LogP contribution in [-0.4, -0.2) is 46.2 Å². The third kappa shape index (κ3) is 5.66. The molecule has 0 saturated carbocycles. The zero-order valence-electron chi connectivity index (χ0n) is 19.5. The van der Waals surface area contributed by atoms with E-state index in [1.165, 1.54) is 24.3 Å². The Labute approximate surface area is 209 Å². The van der Waals surface area contributed by atoms with Gasteiger partial charge in [-0.05, 0) is 59.7 Å². The van der Waals surface area contributed by atoms with Gasteiger partial charge in [-0.25, -0.2) is 21.6 Å². The van der Waals surface area contributed by atoms with E-state index in [0.717, 1.165) is 23.6 Å². The number of hydrogen-bond donors (Lipinski definition) is 2. The summed E-state index contributed by atoms with van der Waals surface area (Å²) in [5.74, 6) is -0.432. The number of carbonyl (C=O) groups excluding carboxylic acids is 2. The van der Waals surface area contributed by atoms with Gasteiger partial charge in [0.15, 0.2) is 0 Å². The predicted octanol–water partition coefficient (Wildman–Crippen LogP) is 3.21. The molecule has 3 amide bonds. The first-order valence-corrected chi connectivity index (χ1v) is 14.5. The van der Waals surface area contributed by atoms with Gasteiger partial charge in [-0.2, -0.15) is 3.71 Å². The molecular weight excluding hydrogens is 504 g/mol. The summed E-state index contributed by atoms with van der Waals surface area (Å²) in [5.41, 5.74) is 3.38. The first-order chi connectivity index (χ1) is 16.9. The van der Waals surface area contributed by atoms with Crippen LogP contribution in [0, 0.1) is 0 Å². The minimum Gasteiger partial charge on any atom is -0.322 e. The van der Waals surface area contributed by atoms with Gasteiger partial charge in [-0.1, -0.05) is 24.3 Å². The van der Waals surface area contributed by atoms with Crippen molar-refractivity contribution in [1.82, 2.24) is 4.90 Å². The fraction of sp³-hybridized carbons (Fsp3) is 0.167. The number of nitrogens with one attached hydrogen (secondary N) is 2. The average Bonchev–Trinajstić information content (AvgIpc) is 3.23. The number of benzene rings is 3. The molecule has 0 radical (unpaired) electrons. The maximum Gasteiger partial charge on any atom is 0.322 e. The van der Waals surface area contributed by atoms with Crippen LogP contribution in [0.2, 0.25) is 0 Å². The van der Waals surface area contributed by atoms with Crippen molar-refractivity contribution in [3.05, 3.63) is 89.5 Å². The van der Waals surface area contributed by atoms with E-state index in [2.05, 4.69) is 10.6 Å². The highest BCUT2D eigenvalue weighted by molar-refractivity contribution is 8.09. The number of carbonyl (C=O) groups is 2. The first kappa shape index (κ1) is 25.2. The van der Waals surface area contributed by atoms with Gasteiger partial charge in [0.05, 0.1) is 18.2 Å². The maximum absolute atomic E-state index is 12.6. The fourth-order valence-electron chi connectivity index (χ4n) is 3.88. The van der Waals surface area contributed by atoms with Crippen LogP contribution in [0.3, 0.4) is 0 Å². The standard InChI is InChI=1S/C24H24N4O6S2/c1-35(31,32)28(36(2,33)34)22-13-11-20(12-14-22)25-23(29)17-7-9-21(10-8-17)26-24(30)27-15-18-5-3-4-6-19(18)16-27/h3-14H,15-16H2,1-2H3,(H,25,29)(H,26,30). The smallest absolute Gasteiger partial charge is 0.322 e. The van der Waals surface area contributed by atoms with E-state index >= 15 is 0 Å². The van der Waals surface area contributed by atoms with E-state index in [0.29, 0.717) is 33.7 Å². The summed E-state index contributed by atoms with van der Waals surface area (Å²) in [4.78, 5) is 26.9. The summed E-state index contributed by atoms with van der Waals surface area (Å²) in [6, 6.07) is 19.4. The molecule has 0 aromatic heterocycles. The van der Waals surface area contributed by atoms with E-state index < -0.39 is 26.0 Å². The van der Waals surface area contributed by atoms with Crippen molar-refractivity contribution < 1.29 is 26.4 Å². The lowest BCUT2D eigenvalue weighted by atomic mass is 10.1. The fourth-order valence-corrected chi connectivity index (χ4v) is 6.86. The van der Waals surface area contributed by atoms with Crippen LogP contribution in [0.15, 0.2) is 72.8 Å². The van der Waals surface area contributed by atoms with E-state index in [1.54, 1.807) is 29.2 Å². The predicted molar refractivity (Wildman–Crippen MR) is 138 cm³/mol. The normalized spacial score (nSPS) is 13.1. The summed E-state index contributed by atoms with van der Waals surface area (Å²) in [6.07, 6.45) is 1.58. The number of hydrogen-bond acceptors (Lipinski definition) is 6. The van der Waals surface area contributed by atoms with Crippen molar-refractivity contribution in [2.45, 2.75) is 13.1 Å². The van der Waals surface area contributed by atoms with Crippen molar-refractivity contribution in [3.8, 4) is 0 Å². The highest BCUT2D eigenvalue weighted by Crippen LogP contribution is 2.25. The van der Waals surface area contributed by atoms with Crippen LogP contribution in [0.4, 0.5) is 21.9 Å². The molecule has 12 heteroatoms. The summed E-state index contributed by atoms with van der Waals surface area (Å²) in [5, 5.41) is 5.49. The van der Waals surface area contributed by atoms with Crippen LogP contribution in [0.25, 0.3) is 0 Å². The van der Waals surface area contributed by atoms with Crippen LogP contribution in [0.1, 0.15) is 21.5 Å². The number of sulfonamides is 2. The van der Waals surface area contributed by atoms with E-state index in [-0.39, 0.29) is 11.7 Å². The molecular formula is C24H24N4O6S2. The molecule has 0 aliphatic carbocycles. The van der Waals surface area contributed by atoms with Gasteiger partial charge in [0.25, 0.3) is 5.91 Å². The second-order valence-electron chi connectivity index (χ2n) is 8.36. The van der Waals surface area contributed by atoms with Crippen LogP contribution in [0.5, 0.6) is 0 Å². The van der Waals surface area contributed by atoms with Crippen molar-refractivity contribution in [2.24, 2.45) is 0 Å².